The van der Waals surface area contributed by atoms with Crippen molar-refractivity contribution in [3.05, 3.63) is 35.6 Å². The van der Waals surface area contributed by atoms with Crippen molar-refractivity contribution >= 4 is 0 Å². The summed E-state index contributed by atoms with van der Waals surface area (Å²) < 4.78 is 13.4. The van der Waals surface area contributed by atoms with Gasteiger partial charge in [-0.1, -0.05) is 25.1 Å². The Hall–Kier alpha value is -0.970. The topological polar surface area (TPSA) is 55.5 Å². The molecule has 4 heteroatoms. The van der Waals surface area contributed by atoms with Crippen molar-refractivity contribution in [1.82, 2.24) is 0 Å². The number of aliphatic hydroxyl groups is 1. The van der Waals surface area contributed by atoms with Crippen molar-refractivity contribution in [2.24, 2.45) is 5.90 Å². The van der Waals surface area contributed by atoms with Gasteiger partial charge < -0.3 is 9.94 Å². The highest BCUT2D eigenvalue weighted by Gasteiger charge is 2.28. The minimum Gasteiger partial charge on any atom is -0.395 e. The molecule has 0 bridgehead atoms. The maximum Gasteiger partial charge on any atom is 0.127 e. The number of halogens is 1. The van der Waals surface area contributed by atoms with Crippen molar-refractivity contribution in [1.29, 1.82) is 0 Å². The molecule has 0 saturated carbocycles. The molecule has 0 amide bonds. The zero-order valence-electron chi connectivity index (χ0n) is 8.03. The summed E-state index contributed by atoms with van der Waals surface area (Å²) in [5.74, 6) is 4.58. The minimum absolute atomic E-state index is 0.0738. The number of aliphatic hydroxyl groups excluding tert-OH is 1. The molecule has 0 spiro atoms. The van der Waals surface area contributed by atoms with Crippen LogP contribution in [0.3, 0.4) is 0 Å². The smallest absolute Gasteiger partial charge is 0.127 e. The Bertz CT molecular complexity index is 306. The Kier molecular flexibility index (Phi) is 3.57. The molecule has 78 valence electrons. The molecular weight excluding hydrogens is 185 g/mol. The van der Waals surface area contributed by atoms with Crippen LogP contribution in [-0.4, -0.2) is 18.3 Å². The van der Waals surface area contributed by atoms with Crippen molar-refractivity contribution in [3.8, 4) is 0 Å². The summed E-state index contributed by atoms with van der Waals surface area (Å²) in [5, 5.41) is 9.19. The van der Waals surface area contributed by atoms with E-state index in [-0.39, 0.29) is 19.0 Å². The fraction of sp³-hybridized carbons (Fsp3) is 0.400. The van der Waals surface area contributed by atoms with E-state index in [0.717, 1.165) is 0 Å². The highest BCUT2D eigenvalue weighted by Crippen LogP contribution is 2.25. The predicted molar refractivity (Wildman–Crippen MR) is 51.0 cm³/mol. The summed E-state index contributed by atoms with van der Waals surface area (Å²) in [5.41, 5.74) is -0.381. The number of hydrogen-bond acceptors (Lipinski definition) is 3. The van der Waals surface area contributed by atoms with Gasteiger partial charge in [-0.25, -0.2) is 10.3 Å². The van der Waals surface area contributed by atoms with E-state index < -0.39 is 5.41 Å². The highest BCUT2D eigenvalue weighted by molar-refractivity contribution is 5.26. The van der Waals surface area contributed by atoms with Crippen LogP contribution in [0.25, 0.3) is 0 Å². The molecule has 0 heterocycles. The fourth-order valence-electron chi connectivity index (χ4n) is 1.34. The molecule has 1 rings (SSSR count). The molecule has 0 aliphatic heterocycles. The van der Waals surface area contributed by atoms with Gasteiger partial charge in [0.2, 0.25) is 0 Å². The average molecular weight is 199 g/mol. The van der Waals surface area contributed by atoms with Gasteiger partial charge in [-0.05, 0) is 11.6 Å². The molecule has 0 saturated heterocycles. The van der Waals surface area contributed by atoms with Gasteiger partial charge in [0, 0.05) is 5.41 Å². The van der Waals surface area contributed by atoms with Crippen molar-refractivity contribution in [2.45, 2.75) is 12.3 Å². The number of nitrogens with two attached hydrogens (primary N) is 1. The largest absolute Gasteiger partial charge is 0.395 e. The second-order valence-electron chi connectivity index (χ2n) is 3.51. The predicted octanol–water partition coefficient (Wildman–Crippen LogP) is 0.966. The van der Waals surface area contributed by atoms with E-state index in [4.69, 9.17) is 5.90 Å². The summed E-state index contributed by atoms with van der Waals surface area (Å²) in [4.78, 5) is 4.48. The third-order valence-corrected chi connectivity index (χ3v) is 2.27. The molecule has 1 aromatic rings. The third kappa shape index (κ3) is 2.09. The monoisotopic (exact) mass is 199 g/mol. The van der Waals surface area contributed by atoms with Gasteiger partial charge >= 0.3 is 0 Å². The van der Waals surface area contributed by atoms with E-state index in [0.29, 0.717) is 5.56 Å². The van der Waals surface area contributed by atoms with Crippen LogP contribution in [0.2, 0.25) is 0 Å². The van der Waals surface area contributed by atoms with Crippen molar-refractivity contribution < 1.29 is 14.3 Å². The van der Waals surface area contributed by atoms with E-state index in [1.54, 1.807) is 25.1 Å². The van der Waals surface area contributed by atoms with E-state index in [1.807, 2.05) is 0 Å². The first kappa shape index (κ1) is 11.1. The molecular formula is C10H14FNO2. The van der Waals surface area contributed by atoms with Gasteiger partial charge in [-0.3, -0.25) is 0 Å². The molecule has 0 aromatic heterocycles. The van der Waals surface area contributed by atoms with Crippen LogP contribution in [0.15, 0.2) is 24.3 Å². The number of hydrogen-bond donors (Lipinski definition) is 2. The standard InChI is InChI=1S/C10H14FNO2/c1-10(6-13,7-14-12)8-4-2-3-5-9(8)11/h2-5,13H,6-7,12H2,1H3. The zero-order valence-corrected chi connectivity index (χ0v) is 8.03. The molecule has 1 atom stereocenters. The molecule has 0 fully saturated rings. The fourth-order valence-corrected chi connectivity index (χ4v) is 1.34. The molecule has 0 aliphatic rings. The minimum atomic E-state index is -0.792. The normalized spacial score (nSPS) is 15.1. The zero-order chi connectivity index (χ0) is 10.6. The first-order valence-corrected chi connectivity index (χ1v) is 4.31. The Balaban J connectivity index is 3.05. The first-order valence-electron chi connectivity index (χ1n) is 4.31. The average Bonchev–Trinajstić information content (AvgIpc) is 2.18. The molecule has 1 aromatic carbocycles. The third-order valence-electron chi connectivity index (χ3n) is 2.27. The van der Waals surface area contributed by atoms with Crippen LogP contribution in [0.4, 0.5) is 4.39 Å². The molecule has 3 nitrogen and oxygen atoms in total. The maximum absolute atomic E-state index is 13.4. The Morgan fingerprint density at radius 3 is 2.64 bits per heavy atom. The molecule has 0 aliphatic carbocycles. The van der Waals surface area contributed by atoms with E-state index in [9.17, 15) is 9.50 Å². The summed E-state index contributed by atoms with van der Waals surface area (Å²) in [6.07, 6.45) is 0. The van der Waals surface area contributed by atoms with Crippen LogP contribution >= 0.6 is 0 Å². The maximum atomic E-state index is 13.4. The lowest BCUT2D eigenvalue weighted by molar-refractivity contribution is 0.0578. The van der Waals surface area contributed by atoms with Crippen molar-refractivity contribution in [2.75, 3.05) is 13.2 Å². The Morgan fingerprint density at radius 2 is 2.14 bits per heavy atom. The van der Waals surface area contributed by atoms with Gasteiger partial charge in [0.25, 0.3) is 0 Å². The Morgan fingerprint density at radius 1 is 1.50 bits per heavy atom. The summed E-state index contributed by atoms with van der Waals surface area (Å²) in [6, 6.07) is 6.27. The van der Waals surface area contributed by atoms with Gasteiger partial charge in [-0.2, -0.15) is 0 Å². The van der Waals surface area contributed by atoms with E-state index in [2.05, 4.69) is 4.84 Å². The van der Waals surface area contributed by atoms with Gasteiger partial charge in [0.05, 0.1) is 13.2 Å². The van der Waals surface area contributed by atoms with Gasteiger partial charge in [0.15, 0.2) is 0 Å². The highest BCUT2D eigenvalue weighted by atomic mass is 19.1. The van der Waals surface area contributed by atoms with E-state index >= 15 is 0 Å². The quantitative estimate of drug-likeness (QED) is 0.710. The van der Waals surface area contributed by atoms with Crippen LogP contribution in [-0.2, 0) is 10.3 Å². The second-order valence-corrected chi connectivity index (χ2v) is 3.51. The summed E-state index contributed by atoms with van der Waals surface area (Å²) in [7, 11) is 0. The summed E-state index contributed by atoms with van der Waals surface area (Å²) >= 11 is 0. The van der Waals surface area contributed by atoms with Crippen LogP contribution in [0.1, 0.15) is 12.5 Å². The van der Waals surface area contributed by atoms with Crippen molar-refractivity contribution in [3.63, 3.8) is 0 Å². The van der Waals surface area contributed by atoms with Gasteiger partial charge in [0.1, 0.15) is 5.82 Å². The second kappa shape index (κ2) is 4.50. The van der Waals surface area contributed by atoms with Crippen LogP contribution in [0.5, 0.6) is 0 Å². The van der Waals surface area contributed by atoms with Crippen LogP contribution < -0.4 is 5.90 Å². The molecule has 0 radical (unpaired) electrons. The lowest BCUT2D eigenvalue weighted by Crippen LogP contribution is -2.34. The lowest BCUT2D eigenvalue weighted by Gasteiger charge is -2.26. The first-order chi connectivity index (χ1) is 6.64. The van der Waals surface area contributed by atoms with E-state index in [1.165, 1.54) is 6.07 Å². The lowest BCUT2D eigenvalue weighted by atomic mass is 9.84. The number of benzene rings is 1. The Labute approximate surface area is 82.3 Å². The van der Waals surface area contributed by atoms with Gasteiger partial charge in [-0.15, -0.1) is 0 Å². The number of rotatable bonds is 4. The molecule has 3 N–H and O–H groups in total. The SMILES string of the molecule is CC(CO)(CON)c1ccccc1F. The van der Waals surface area contributed by atoms with Crippen LogP contribution in [0, 0.1) is 5.82 Å². The molecule has 14 heavy (non-hydrogen) atoms. The summed E-state index contributed by atoms with van der Waals surface area (Å²) in [6.45, 7) is 1.55. The molecule has 1 unspecified atom stereocenters.